The van der Waals surface area contributed by atoms with E-state index in [1.807, 2.05) is 0 Å². The normalized spacial score (nSPS) is 21.1. The summed E-state index contributed by atoms with van der Waals surface area (Å²) in [6.07, 6.45) is 2.53. The highest BCUT2D eigenvalue weighted by Crippen LogP contribution is 2.13. The van der Waals surface area contributed by atoms with Crippen LogP contribution in [-0.2, 0) is 4.79 Å². The van der Waals surface area contributed by atoms with Gasteiger partial charge in [-0.2, -0.15) is 0 Å². The van der Waals surface area contributed by atoms with Crippen LogP contribution < -0.4 is 5.73 Å². The summed E-state index contributed by atoms with van der Waals surface area (Å²) in [7, 11) is 0. The van der Waals surface area contributed by atoms with E-state index in [1.54, 1.807) is 0 Å². The second kappa shape index (κ2) is 4.42. The lowest BCUT2D eigenvalue weighted by molar-refractivity contribution is -0.138. The van der Waals surface area contributed by atoms with Gasteiger partial charge in [0.05, 0.1) is 6.42 Å². The molecule has 1 fully saturated rings. The van der Waals surface area contributed by atoms with Crippen molar-refractivity contribution < 1.29 is 9.90 Å². The Labute approximate surface area is 72.3 Å². The monoisotopic (exact) mass is 172 g/mol. The smallest absolute Gasteiger partial charge is 0.304 e. The fraction of sp³-hybridized carbons (Fsp3) is 0.875. The standard InChI is InChI=1S/C8H16N2O2/c9-6-7(5-8(11)12)10-3-1-2-4-10/h7H,1-6,9H2,(H,11,12). The molecule has 1 rings (SSSR count). The zero-order valence-corrected chi connectivity index (χ0v) is 7.20. The minimum Gasteiger partial charge on any atom is -0.481 e. The molecule has 1 aliphatic heterocycles. The number of likely N-dealkylation sites (tertiary alicyclic amines) is 1. The van der Waals surface area contributed by atoms with E-state index >= 15 is 0 Å². The third kappa shape index (κ3) is 2.46. The van der Waals surface area contributed by atoms with Gasteiger partial charge < -0.3 is 10.8 Å². The number of carboxylic acid groups (broad SMARTS) is 1. The molecule has 0 bridgehead atoms. The van der Waals surface area contributed by atoms with E-state index in [0.717, 1.165) is 13.1 Å². The first-order valence-corrected chi connectivity index (χ1v) is 4.40. The molecule has 1 atom stereocenters. The Morgan fingerprint density at radius 2 is 2.08 bits per heavy atom. The molecule has 0 aromatic heterocycles. The van der Waals surface area contributed by atoms with Crippen LogP contribution in [0.2, 0.25) is 0 Å². The lowest BCUT2D eigenvalue weighted by Crippen LogP contribution is -2.40. The Bertz CT molecular complexity index is 155. The number of nitrogens with two attached hydrogens (primary N) is 1. The second-order valence-electron chi connectivity index (χ2n) is 3.23. The molecule has 1 saturated heterocycles. The molecule has 0 aromatic carbocycles. The number of rotatable bonds is 4. The minimum absolute atomic E-state index is 0.0463. The van der Waals surface area contributed by atoms with Crippen molar-refractivity contribution in [1.29, 1.82) is 0 Å². The van der Waals surface area contributed by atoms with Gasteiger partial charge in [0.15, 0.2) is 0 Å². The fourth-order valence-electron chi connectivity index (χ4n) is 1.67. The molecule has 0 amide bonds. The van der Waals surface area contributed by atoms with Crippen molar-refractivity contribution in [2.75, 3.05) is 19.6 Å². The predicted molar refractivity (Wildman–Crippen MR) is 45.9 cm³/mol. The van der Waals surface area contributed by atoms with Crippen LogP contribution in [0.1, 0.15) is 19.3 Å². The molecular formula is C8H16N2O2. The van der Waals surface area contributed by atoms with Crippen molar-refractivity contribution in [1.82, 2.24) is 4.90 Å². The lowest BCUT2D eigenvalue weighted by Gasteiger charge is -2.24. The topological polar surface area (TPSA) is 66.6 Å². The lowest BCUT2D eigenvalue weighted by atomic mass is 10.2. The van der Waals surface area contributed by atoms with E-state index in [1.165, 1.54) is 12.8 Å². The Morgan fingerprint density at radius 1 is 1.50 bits per heavy atom. The van der Waals surface area contributed by atoms with Crippen LogP contribution in [0.15, 0.2) is 0 Å². The van der Waals surface area contributed by atoms with Gasteiger partial charge in [0, 0.05) is 12.6 Å². The third-order valence-corrected chi connectivity index (χ3v) is 2.34. The minimum atomic E-state index is -0.752. The molecule has 1 heterocycles. The van der Waals surface area contributed by atoms with E-state index in [2.05, 4.69) is 4.90 Å². The van der Waals surface area contributed by atoms with Gasteiger partial charge in [-0.1, -0.05) is 0 Å². The Morgan fingerprint density at radius 3 is 2.50 bits per heavy atom. The van der Waals surface area contributed by atoms with Crippen molar-refractivity contribution in [3.05, 3.63) is 0 Å². The van der Waals surface area contributed by atoms with Gasteiger partial charge in [0.2, 0.25) is 0 Å². The SMILES string of the molecule is NCC(CC(=O)O)N1CCCC1. The highest BCUT2D eigenvalue weighted by Gasteiger charge is 2.22. The number of hydrogen-bond acceptors (Lipinski definition) is 3. The highest BCUT2D eigenvalue weighted by molar-refractivity contribution is 5.67. The van der Waals surface area contributed by atoms with Gasteiger partial charge in [-0.25, -0.2) is 0 Å². The zero-order chi connectivity index (χ0) is 8.97. The van der Waals surface area contributed by atoms with Crippen LogP contribution in [0.25, 0.3) is 0 Å². The van der Waals surface area contributed by atoms with Gasteiger partial charge in [-0.15, -0.1) is 0 Å². The highest BCUT2D eigenvalue weighted by atomic mass is 16.4. The van der Waals surface area contributed by atoms with Crippen molar-refractivity contribution in [2.24, 2.45) is 5.73 Å². The van der Waals surface area contributed by atoms with Crippen molar-refractivity contribution in [2.45, 2.75) is 25.3 Å². The average molecular weight is 172 g/mol. The van der Waals surface area contributed by atoms with Crippen LogP contribution in [0.3, 0.4) is 0 Å². The van der Waals surface area contributed by atoms with Crippen molar-refractivity contribution in [3.63, 3.8) is 0 Å². The molecule has 12 heavy (non-hydrogen) atoms. The molecule has 0 aromatic rings. The van der Waals surface area contributed by atoms with Gasteiger partial charge in [0.1, 0.15) is 0 Å². The number of carboxylic acids is 1. The van der Waals surface area contributed by atoms with E-state index in [9.17, 15) is 4.79 Å². The van der Waals surface area contributed by atoms with Gasteiger partial charge in [-0.05, 0) is 25.9 Å². The maximum absolute atomic E-state index is 10.4. The quantitative estimate of drug-likeness (QED) is 0.620. The summed E-state index contributed by atoms with van der Waals surface area (Å²) in [6.45, 7) is 2.47. The summed E-state index contributed by atoms with van der Waals surface area (Å²) in [5.41, 5.74) is 5.50. The van der Waals surface area contributed by atoms with Crippen molar-refractivity contribution in [3.8, 4) is 0 Å². The molecule has 0 saturated carbocycles. The van der Waals surface area contributed by atoms with E-state index in [0.29, 0.717) is 6.54 Å². The molecule has 1 unspecified atom stereocenters. The summed E-state index contributed by atoms with van der Waals surface area (Å²) in [6, 6.07) is 0.0463. The molecular weight excluding hydrogens is 156 g/mol. The summed E-state index contributed by atoms with van der Waals surface area (Å²) < 4.78 is 0. The molecule has 1 aliphatic rings. The van der Waals surface area contributed by atoms with Crippen molar-refractivity contribution >= 4 is 5.97 Å². The third-order valence-electron chi connectivity index (χ3n) is 2.34. The first kappa shape index (κ1) is 9.48. The Kier molecular flexibility index (Phi) is 3.49. The molecule has 4 nitrogen and oxygen atoms in total. The number of nitrogens with zero attached hydrogens (tertiary/aromatic N) is 1. The Hall–Kier alpha value is -0.610. The van der Waals surface area contributed by atoms with E-state index in [-0.39, 0.29) is 12.5 Å². The number of hydrogen-bond donors (Lipinski definition) is 2. The summed E-state index contributed by atoms with van der Waals surface area (Å²) in [5.74, 6) is -0.752. The van der Waals surface area contributed by atoms with Gasteiger partial charge in [0.25, 0.3) is 0 Å². The van der Waals surface area contributed by atoms with Crippen LogP contribution in [0, 0.1) is 0 Å². The number of aliphatic carboxylic acids is 1. The zero-order valence-electron chi connectivity index (χ0n) is 7.20. The fourth-order valence-corrected chi connectivity index (χ4v) is 1.67. The average Bonchev–Trinajstić information content (AvgIpc) is 2.51. The maximum Gasteiger partial charge on any atom is 0.304 e. The van der Waals surface area contributed by atoms with Crippen LogP contribution in [-0.4, -0.2) is 41.7 Å². The van der Waals surface area contributed by atoms with Gasteiger partial charge >= 0.3 is 5.97 Å². The predicted octanol–water partition coefficient (Wildman–Crippen LogP) is -0.116. The molecule has 0 aliphatic carbocycles. The molecule has 70 valence electrons. The molecule has 0 radical (unpaired) electrons. The summed E-state index contributed by atoms with van der Waals surface area (Å²) in [5, 5.41) is 8.59. The van der Waals surface area contributed by atoms with E-state index in [4.69, 9.17) is 10.8 Å². The second-order valence-corrected chi connectivity index (χ2v) is 3.23. The largest absolute Gasteiger partial charge is 0.481 e. The first-order valence-electron chi connectivity index (χ1n) is 4.40. The first-order chi connectivity index (χ1) is 5.74. The number of carbonyl (C=O) groups is 1. The molecule has 4 heteroatoms. The maximum atomic E-state index is 10.4. The molecule has 0 spiro atoms. The summed E-state index contributed by atoms with van der Waals surface area (Å²) in [4.78, 5) is 12.6. The summed E-state index contributed by atoms with van der Waals surface area (Å²) >= 11 is 0. The van der Waals surface area contributed by atoms with E-state index < -0.39 is 5.97 Å². The van der Waals surface area contributed by atoms with Crippen LogP contribution >= 0.6 is 0 Å². The Balaban J connectivity index is 2.37. The van der Waals surface area contributed by atoms with Gasteiger partial charge in [-0.3, -0.25) is 9.69 Å². The molecule has 3 N–H and O–H groups in total. The van der Waals surface area contributed by atoms with Crippen LogP contribution in [0.4, 0.5) is 0 Å². The van der Waals surface area contributed by atoms with Crippen LogP contribution in [0.5, 0.6) is 0 Å².